The standard InChI is InChI=1S/C15H15F3O2S/c16-13-4-5-14(17)15(18)12(13)8-9-6-10-2-1-3-11(7-9)21(10,19)20/h4-6,10-11H,1-3,7-8H2. The van der Waals surface area contributed by atoms with Crippen LogP contribution in [0.3, 0.4) is 0 Å². The molecule has 0 amide bonds. The lowest BCUT2D eigenvalue weighted by Gasteiger charge is -2.33. The average molecular weight is 316 g/mol. The van der Waals surface area contributed by atoms with Crippen LogP contribution in [0.1, 0.15) is 31.2 Å². The van der Waals surface area contributed by atoms with Crippen molar-refractivity contribution in [1.82, 2.24) is 0 Å². The second kappa shape index (κ2) is 5.16. The van der Waals surface area contributed by atoms with E-state index in [1.54, 1.807) is 6.08 Å². The lowest BCUT2D eigenvalue weighted by atomic mass is 9.93. The highest BCUT2D eigenvalue weighted by Gasteiger charge is 2.40. The first-order valence-corrected chi connectivity index (χ1v) is 8.55. The fourth-order valence-corrected chi connectivity index (χ4v) is 5.54. The fraction of sp³-hybridized carbons (Fsp3) is 0.467. The van der Waals surface area contributed by atoms with Crippen LogP contribution in [0.5, 0.6) is 0 Å². The van der Waals surface area contributed by atoms with E-state index in [0.29, 0.717) is 18.4 Å². The molecule has 0 saturated carbocycles. The zero-order chi connectivity index (χ0) is 15.2. The topological polar surface area (TPSA) is 34.1 Å². The van der Waals surface area contributed by atoms with Crippen molar-refractivity contribution in [2.75, 3.05) is 0 Å². The van der Waals surface area contributed by atoms with Crippen molar-refractivity contribution >= 4 is 9.84 Å². The summed E-state index contributed by atoms with van der Waals surface area (Å²) < 4.78 is 64.8. The van der Waals surface area contributed by atoms with Gasteiger partial charge in [-0.1, -0.05) is 18.1 Å². The smallest absolute Gasteiger partial charge is 0.165 e. The Labute approximate surface area is 121 Å². The summed E-state index contributed by atoms with van der Waals surface area (Å²) in [6, 6.07) is 1.65. The number of rotatable bonds is 2. The molecule has 0 aliphatic carbocycles. The highest BCUT2D eigenvalue weighted by atomic mass is 32.2. The van der Waals surface area contributed by atoms with E-state index in [0.717, 1.165) is 18.6 Å². The molecule has 1 aromatic carbocycles. The molecular formula is C15H15F3O2S. The SMILES string of the molecule is O=S1(=O)C2C=C(Cc3c(F)ccc(F)c3F)CC1CCC2. The van der Waals surface area contributed by atoms with E-state index in [-0.39, 0.29) is 18.4 Å². The first-order valence-electron chi connectivity index (χ1n) is 6.94. The number of allylic oxidation sites excluding steroid dienone is 1. The van der Waals surface area contributed by atoms with Crippen LogP contribution in [0.25, 0.3) is 0 Å². The van der Waals surface area contributed by atoms with Crippen molar-refractivity contribution in [3.05, 3.63) is 46.8 Å². The van der Waals surface area contributed by atoms with E-state index in [1.807, 2.05) is 0 Å². The van der Waals surface area contributed by atoms with E-state index in [4.69, 9.17) is 0 Å². The molecule has 2 heterocycles. The van der Waals surface area contributed by atoms with E-state index < -0.39 is 37.8 Å². The molecule has 6 heteroatoms. The zero-order valence-electron chi connectivity index (χ0n) is 11.3. The van der Waals surface area contributed by atoms with E-state index in [9.17, 15) is 21.6 Å². The van der Waals surface area contributed by atoms with Crippen LogP contribution in [0.2, 0.25) is 0 Å². The highest BCUT2D eigenvalue weighted by Crippen LogP contribution is 2.37. The third kappa shape index (κ3) is 2.50. The van der Waals surface area contributed by atoms with Gasteiger partial charge >= 0.3 is 0 Å². The summed E-state index contributed by atoms with van der Waals surface area (Å²) in [6.07, 6.45) is 3.81. The van der Waals surface area contributed by atoms with Gasteiger partial charge in [-0.05, 0) is 37.8 Å². The molecular weight excluding hydrogens is 301 g/mol. The van der Waals surface area contributed by atoms with Gasteiger partial charge in [0, 0.05) is 5.56 Å². The van der Waals surface area contributed by atoms with Crippen molar-refractivity contribution in [2.45, 2.75) is 42.6 Å². The molecule has 1 saturated heterocycles. The van der Waals surface area contributed by atoms with Gasteiger partial charge in [-0.15, -0.1) is 0 Å². The van der Waals surface area contributed by atoms with Crippen LogP contribution in [0.4, 0.5) is 13.2 Å². The van der Waals surface area contributed by atoms with Gasteiger partial charge in [0.25, 0.3) is 0 Å². The van der Waals surface area contributed by atoms with Crippen LogP contribution in [0.15, 0.2) is 23.8 Å². The number of fused-ring (bicyclic) bond motifs is 2. The monoisotopic (exact) mass is 316 g/mol. The molecule has 114 valence electrons. The molecule has 2 nitrogen and oxygen atoms in total. The third-order valence-electron chi connectivity index (χ3n) is 4.36. The van der Waals surface area contributed by atoms with Crippen molar-refractivity contribution in [3.63, 3.8) is 0 Å². The van der Waals surface area contributed by atoms with Gasteiger partial charge in [-0.25, -0.2) is 21.6 Å². The van der Waals surface area contributed by atoms with Crippen LogP contribution in [-0.2, 0) is 16.3 Å². The second-order valence-electron chi connectivity index (χ2n) is 5.71. The predicted molar refractivity (Wildman–Crippen MR) is 73.1 cm³/mol. The largest absolute Gasteiger partial charge is 0.228 e. The van der Waals surface area contributed by atoms with Gasteiger partial charge in [0.15, 0.2) is 21.5 Å². The Morgan fingerprint density at radius 3 is 2.52 bits per heavy atom. The van der Waals surface area contributed by atoms with Gasteiger partial charge in [0.05, 0.1) is 10.5 Å². The van der Waals surface area contributed by atoms with Crippen LogP contribution in [-0.4, -0.2) is 18.9 Å². The van der Waals surface area contributed by atoms with Gasteiger partial charge in [-0.3, -0.25) is 0 Å². The number of hydrogen-bond donors (Lipinski definition) is 0. The number of hydrogen-bond acceptors (Lipinski definition) is 2. The Morgan fingerprint density at radius 1 is 1.10 bits per heavy atom. The summed E-state index contributed by atoms with van der Waals surface area (Å²) >= 11 is 0. The molecule has 2 bridgehead atoms. The molecule has 21 heavy (non-hydrogen) atoms. The van der Waals surface area contributed by atoms with Gasteiger partial charge in [-0.2, -0.15) is 0 Å². The minimum atomic E-state index is -3.16. The Kier molecular flexibility index (Phi) is 3.59. The lowest BCUT2D eigenvalue weighted by Crippen LogP contribution is -2.39. The summed E-state index contributed by atoms with van der Waals surface area (Å²) in [5.74, 6) is -3.07. The molecule has 1 fully saturated rings. The maximum Gasteiger partial charge on any atom is 0.165 e. The average Bonchev–Trinajstić information content (AvgIpc) is 2.39. The normalized spacial score (nSPS) is 27.3. The van der Waals surface area contributed by atoms with Crippen molar-refractivity contribution < 1.29 is 21.6 Å². The van der Waals surface area contributed by atoms with E-state index in [1.165, 1.54) is 0 Å². The molecule has 1 aromatic rings. The summed E-state index contributed by atoms with van der Waals surface area (Å²) in [7, 11) is -3.16. The number of halogens is 3. The Bertz CT molecular complexity index is 710. The summed E-state index contributed by atoms with van der Waals surface area (Å²) in [5.41, 5.74) is 0.363. The number of sulfone groups is 1. The third-order valence-corrected chi connectivity index (χ3v) is 6.90. The molecule has 0 aromatic heterocycles. The van der Waals surface area contributed by atoms with Crippen molar-refractivity contribution in [1.29, 1.82) is 0 Å². The molecule has 2 unspecified atom stereocenters. The Hall–Kier alpha value is -1.30. The molecule has 2 atom stereocenters. The van der Waals surface area contributed by atoms with E-state index in [2.05, 4.69) is 0 Å². The summed E-state index contributed by atoms with van der Waals surface area (Å²) in [4.78, 5) is 0. The molecule has 3 rings (SSSR count). The fourth-order valence-electron chi connectivity index (χ4n) is 3.23. The molecule has 0 radical (unpaired) electrons. The highest BCUT2D eigenvalue weighted by molar-refractivity contribution is 7.92. The maximum atomic E-state index is 13.7. The molecule has 2 aliphatic heterocycles. The van der Waals surface area contributed by atoms with Crippen LogP contribution in [0, 0.1) is 17.5 Å². The van der Waals surface area contributed by atoms with Crippen molar-refractivity contribution in [2.24, 2.45) is 0 Å². The molecule has 0 spiro atoms. The maximum absolute atomic E-state index is 13.7. The molecule has 2 aliphatic rings. The summed E-state index contributed by atoms with van der Waals surface area (Å²) in [6.45, 7) is 0. The Morgan fingerprint density at radius 2 is 1.81 bits per heavy atom. The quantitative estimate of drug-likeness (QED) is 0.620. The lowest BCUT2D eigenvalue weighted by molar-refractivity contribution is 0.478. The Balaban J connectivity index is 1.94. The first-order chi connectivity index (χ1) is 9.89. The van der Waals surface area contributed by atoms with Gasteiger partial charge in [0.1, 0.15) is 5.82 Å². The van der Waals surface area contributed by atoms with Crippen LogP contribution >= 0.6 is 0 Å². The van der Waals surface area contributed by atoms with Gasteiger partial charge in [0.2, 0.25) is 0 Å². The summed E-state index contributed by atoms with van der Waals surface area (Å²) in [5, 5.41) is -1.02. The zero-order valence-corrected chi connectivity index (χ0v) is 12.1. The number of benzene rings is 1. The molecule has 0 N–H and O–H groups in total. The first kappa shape index (κ1) is 14.6. The second-order valence-corrected chi connectivity index (χ2v) is 8.16. The minimum Gasteiger partial charge on any atom is -0.228 e. The van der Waals surface area contributed by atoms with E-state index >= 15 is 0 Å². The predicted octanol–water partition coefficient (Wildman–Crippen LogP) is 3.31. The van der Waals surface area contributed by atoms with Crippen molar-refractivity contribution in [3.8, 4) is 0 Å². The minimum absolute atomic E-state index is 0.0715. The van der Waals surface area contributed by atoms with Crippen LogP contribution < -0.4 is 0 Å². The van der Waals surface area contributed by atoms with Gasteiger partial charge < -0.3 is 0 Å².